The van der Waals surface area contributed by atoms with E-state index in [9.17, 15) is 18.0 Å². The Hall–Kier alpha value is -2.09. The summed E-state index contributed by atoms with van der Waals surface area (Å²) in [6.07, 6.45) is -1.87. The lowest BCUT2D eigenvalue weighted by molar-refractivity contribution is -0.138. The van der Waals surface area contributed by atoms with E-state index in [1.54, 1.807) is 6.07 Å². The van der Waals surface area contributed by atoms with E-state index < -0.39 is 17.8 Å². The molecular weight excluding hydrogens is 347 g/mol. The number of hydrazone groups is 1. The van der Waals surface area contributed by atoms with Crippen molar-refractivity contribution in [2.45, 2.75) is 31.9 Å². The van der Waals surface area contributed by atoms with Gasteiger partial charge in [0.1, 0.15) is 12.3 Å². The Balaban J connectivity index is 1.84. The van der Waals surface area contributed by atoms with Gasteiger partial charge in [-0.15, -0.1) is 0 Å². The SMILES string of the molecule is CN1CCCC(Cc2ccc(C3=NNC(=O)OC3)cc2C(F)(F)F)CC1. The number of alkyl halides is 3. The van der Waals surface area contributed by atoms with E-state index in [-0.39, 0.29) is 18.2 Å². The number of halogens is 3. The number of ether oxygens (including phenoxy) is 1. The molecule has 2 heterocycles. The molecule has 0 aliphatic carbocycles. The fourth-order valence-electron chi connectivity index (χ4n) is 3.48. The minimum absolute atomic E-state index is 0.141. The van der Waals surface area contributed by atoms with Gasteiger partial charge >= 0.3 is 12.3 Å². The summed E-state index contributed by atoms with van der Waals surface area (Å²) in [5.74, 6) is 0.251. The van der Waals surface area contributed by atoms with Crippen molar-refractivity contribution in [3.63, 3.8) is 0 Å². The molecule has 1 atom stereocenters. The van der Waals surface area contributed by atoms with Crippen molar-refractivity contribution < 1.29 is 22.7 Å². The Morgan fingerprint density at radius 1 is 1.31 bits per heavy atom. The zero-order valence-electron chi connectivity index (χ0n) is 14.6. The summed E-state index contributed by atoms with van der Waals surface area (Å²) in [5.41, 5.74) is 2.39. The highest BCUT2D eigenvalue weighted by Gasteiger charge is 2.34. The number of nitrogens with one attached hydrogen (secondary N) is 1. The summed E-state index contributed by atoms with van der Waals surface area (Å²) in [4.78, 5) is 13.2. The number of hydrogen-bond donors (Lipinski definition) is 1. The van der Waals surface area contributed by atoms with Gasteiger partial charge in [-0.2, -0.15) is 18.3 Å². The predicted octanol–water partition coefficient (Wildman–Crippen LogP) is 3.42. The van der Waals surface area contributed by atoms with Crippen LogP contribution in [0.3, 0.4) is 0 Å². The molecule has 8 heteroatoms. The van der Waals surface area contributed by atoms with Crippen molar-refractivity contribution in [1.29, 1.82) is 0 Å². The molecular formula is C18H22F3N3O2. The number of benzene rings is 1. The van der Waals surface area contributed by atoms with Crippen LogP contribution in [0, 0.1) is 5.92 Å². The van der Waals surface area contributed by atoms with Crippen LogP contribution in [0.15, 0.2) is 23.3 Å². The molecule has 1 N–H and O–H groups in total. The van der Waals surface area contributed by atoms with E-state index in [0.717, 1.165) is 38.4 Å². The summed E-state index contributed by atoms with van der Waals surface area (Å²) >= 11 is 0. The number of cyclic esters (lactones) is 1. The fraction of sp³-hybridized carbons (Fsp3) is 0.556. The van der Waals surface area contributed by atoms with Gasteiger partial charge < -0.3 is 9.64 Å². The van der Waals surface area contributed by atoms with Crippen molar-refractivity contribution in [3.05, 3.63) is 34.9 Å². The lowest BCUT2D eigenvalue weighted by Gasteiger charge is -2.20. The van der Waals surface area contributed by atoms with E-state index in [2.05, 4.69) is 15.4 Å². The summed E-state index contributed by atoms with van der Waals surface area (Å²) in [5, 5.41) is 3.79. The van der Waals surface area contributed by atoms with Crippen molar-refractivity contribution in [2.75, 3.05) is 26.7 Å². The van der Waals surface area contributed by atoms with Gasteiger partial charge in [0.25, 0.3) is 0 Å². The molecule has 2 aliphatic heterocycles. The molecule has 1 unspecified atom stereocenters. The Labute approximate surface area is 150 Å². The van der Waals surface area contributed by atoms with Crippen molar-refractivity contribution in [3.8, 4) is 0 Å². The molecule has 26 heavy (non-hydrogen) atoms. The van der Waals surface area contributed by atoms with Crippen molar-refractivity contribution in [1.82, 2.24) is 10.3 Å². The smallest absolute Gasteiger partial charge is 0.428 e. The topological polar surface area (TPSA) is 53.9 Å². The highest BCUT2D eigenvalue weighted by atomic mass is 19.4. The van der Waals surface area contributed by atoms with Gasteiger partial charge in [0.15, 0.2) is 0 Å². The summed E-state index contributed by atoms with van der Waals surface area (Å²) in [6.45, 7) is 1.77. The van der Waals surface area contributed by atoms with Gasteiger partial charge in [0.05, 0.1) is 5.56 Å². The molecule has 1 aromatic rings. The molecule has 142 valence electrons. The number of amides is 1. The van der Waals surface area contributed by atoms with Crippen LogP contribution < -0.4 is 5.43 Å². The number of nitrogens with zero attached hydrogens (tertiary/aromatic N) is 2. The van der Waals surface area contributed by atoms with Crippen LogP contribution in [0.2, 0.25) is 0 Å². The highest BCUT2D eigenvalue weighted by molar-refractivity contribution is 6.03. The molecule has 2 aliphatic rings. The average Bonchev–Trinajstić information content (AvgIpc) is 2.79. The summed E-state index contributed by atoms with van der Waals surface area (Å²) in [6, 6.07) is 4.26. The standard InChI is InChI=1S/C18H22F3N3O2/c1-24-7-2-3-12(6-8-24)9-13-4-5-14(10-15(13)18(19,20)21)16-11-26-17(25)23-22-16/h4-5,10,12H,2-3,6-9,11H2,1H3,(H,23,25). The van der Waals surface area contributed by atoms with E-state index >= 15 is 0 Å². The Kier molecular flexibility index (Phi) is 5.50. The second kappa shape index (κ2) is 7.65. The molecule has 3 rings (SSSR count). The maximum absolute atomic E-state index is 13.6. The maximum atomic E-state index is 13.6. The normalized spacial score (nSPS) is 22.2. The largest absolute Gasteiger partial charge is 0.442 e. The lowest BCUT2D eigenvalue weighted by atomic mass is 9.89. The molecule has 1 amide bonds. The van der Waals surface area contributed by atoms with Crippen molar-refractivity contribution in [2.24, 2.45) is 11.0 Å². The number of carbonyl (C=O) groups is 1. The quantitative estimate of drug-likeness (QED) is 0.888. The molecule has 0 aromatic heterocycles. The van der Waals surface area contributed by atoms with Gasteiger partial charge in [-0.3, -0.25) is 0 Å². The minimum atomic E-state index is -4.44. The molecule has 0 radical (unpaired) electrons. The van der Waals surface area contributed by atoms with Crippen molar-refractivity contribution >= 4 is 11.8 Å². The Morgan fingerprint density at radius 2 is 2.12 bits per heavy atom. The molecule has 5 nitrogen and oxygen atoms in total. The molecule has 1 saturated heterocycles. The monoisotopic (exact) mass is 369 g/mol. The van der Waals surface area contributed by atoms with E-state index in [4.69, 9.17) is 4.74 Å². The van der Waals surface area contributed by atoms with Crippen LogP contribution >= 0.6 is 0 Å². The predicted molar refractivity (Wildman–Crippen MR) is 91.0 cm³/mol. The first-order valence-electron chi connectivity index (χ1n) is 8.71. The molecule has 0 saturated carbocycles. The third-order valence-corrected chi connectivity index (χ3v) is 4.95. The van der Waals surface area contributed by atoms with Crippen LogP contribution in [0.5, 0.6) is 0 Å². The van der Waals surface area contributed by atoms with Gasteiger partial charge in [0.2, 0.25) is 0 Å². The van der Waals surface area contributed by atoms with Gasteiger partial charge in [0, 0.05) is 5.56 Å². The maximum Gasteiger partial charge on any atom is 0.428 e. The first-order chi connectivity index (χ1) is 12.3. The Morgan fingerprint density at radius 3 is 2.81 bits per heavy atom. The summed E-state index contributed by atoms with van der Waals surface area (Å²) < 4.78 is 45.6. The second-order valence-corrected chi connectivity index (χ2v) is 6.92. The van der Waals surface area contributed by atoms with E-state index in [1.165, 1.54) is 6.07 Å². The second-order valence-electron chi connectivity index (χ2n) is 6.92. The fourth-order valence-corrected chi connectivity index (χ4v) is 3.48. The third-order valence-electron chi connectivity index (χ3n) is 4.95. The third kappa shape index (κ3) is 4.55. The lowest BCUT2D eigenvalue weighted by Crippen LogP contribution is -2.31. The number of carbonyl (C=O) groups excluding carboxylic acids is 1. The zero-order chi connectivity index (χ0) is 18.7. The molecule has 1 aromatic carbocycles. The van der Waals surface area contributed by atoms with E-state index in [1.807, 2.05) is 7.05 Å². The minimum Gasteiger partial charge on any atom is -0.442 e. The van der Waals surface area contributed by atoms with Crippen LogP contribution in [-0.2, 0) is 17.3 Å². The van der Waals surface area contributed by atoms with Crippen LogP contribution in [0.4, 0.5) is 18.0 Å². The molecule has 1 fully saturated rings. The Bertz CT molecular complexity index is 703. The first-order valence-corrected chi connectivity index (χ1v) is 8.71. The highest BCUT2D eigenvalue weighted by Crippen LogP contribution is 2.35. The van der Waals surface area contributed by atoms with E-state index in [0.29, 0.717) is 17.5 Å². The van der Waals surface area contributed by atoms with Crippen LogP contribution in [0.1, 0.15) is 36.0 Å². The first kappa shape index (κ1) is 18.7. The zero-order valence-corrected chi connectivity index (χ0v) is 14.6. The van der Waals surface area contributed by atoms with Gasteiger partial charge in [-0.25, -0.2) is 10.2 Å². The summed E-state index contributed by atoms with van der Waals surface area (Å²) in [7, 11) is 2.05. The molecule has 0 spiro atoms. The number of rotatable bonds is 3. The number of hydrogen-bond acceptors (Lipinski definition) is 4. The van der Waals surface area contributed by atoms with Crippen LogP contribution in [-0.4, -0.2) is 43.4 Å². The average molecular weight is 369 g/mol. The van der Waals surface area contributed by atoms with Gasteiger partial charge in [-0.05, 0) is 63.4 Å². The molecule has 0 bridgehead atoms. The number of likely N-dealkylation sites (tertiary alicyclic amines) is 1. The van der Waals surface area contributed by atoms with Crippen LogP contribution in [0.25, 0.3) is 0 Å². The van der Waals surface area contributed by atoms with Gasteiger partial charge in [-0.1, -0.05) is 12.1 Å².